The Morgan fingerprint density at radius 2 is 1.76 bits per heavy atom. The summed E-state index contributed by atoms with van der Waals surface area (Å²) in [6.45, 7) is -0.819. The van der Waals surface area contributed by atoms with Gasteiger partial charge in [0.1, 0.15) is 12.4 Å². The van der Waals surface area contributed by atoms with E-state index in [-0.39, 0.29) is 30.9 Å². The van der Waals surface area contributed by atoms with E-state index in [9.17, 15) is 31.9 Å². The maximum Gasteiger partial charge on any atom is 0.416 e. The average Bonchev–Trinajstić information content (AvgIpc) is 2.75. The third-order valence-electron chi connectivity index (χ3n) is 5.86. The molecule has 10 heteroatoms. The van der Waals surface area contributed by atoms with Crippen LogP contribution in [-0.2, 0) is 27.1 Å². The molecule has 3 amide bonds. The molecule has 6 nitrogen and oxygen atoms in total. The number of terminal acetylenes is 1. The van der Waals surface area contributed by atoms with Crippen LogP contribution in [0.4, 0.5) is 23.2 Å². The number of anilines is 1. The number of piperazine rings is 1. The predicted molar refractivity (Wildman–Crippen MR) is 109 cm³/mol. The van der Waals surface area contributed by atoms with Gasteiger partial charge in [-0.1, -0.05) is 18.1 Å². The van der Waals surface area contributed by atoms with E-state index in [4.69, 9.17) is 6.42 Å². The van der Waals surface area contributed by atoms with Crippen molar-refractivity contribution in [1.82, 2.24) is 9.80 Å². The molecule has 0 aromatic heterocycles. The Morgan fingerprint density at radius 1 is 1.09 bits per heavy atom. The third kappa shape index (κ3) is 3.80. The lowest BCUT2D eigenvalue weighted by molar-refractivity contribution is -0.166. The molecule has 2 heterocycles. The number of carbonyl (C=O) groups is 3. The number of benzene rings is 2. The summed E-state index contributed by atoms with van der Waals surface area (Å²) in [7, 11) is 0. The molecule has 2 aliphatic heterocycles. The van der Waals surface area contributed by atoms with Crippen molar-refractivity contribution < 1.29 is 31.9 Å². The van der Waals surface area contributed by atoms with Gasteiger partial charge >= 0.3 is 6.18 Å². The Labute approximate surface area is 186 Å². The van der Waals surface area contributed by atoms with Crippen molar-refractivity contribution in [3.8, 4) is 12.3 Å². The largest absolute Gasteiger partial charge is 0.416 e. The molecule has 0 radical (unpaired) electrons. The first-order valence-electron chi connectivity index (χ1n) is 9.83. The highest BCUT2D eigenvalue weighted by Crippen LogP contribution is 2.37. The number of alkyl halides is 3. The highest BCUT2D eigenvalue weighted by Gasteiger charge is 2.59. The minimum absolute atomic E-state index is 0.109. The molecule has 33 heavy (non-hydrogen) atoms. The van der Waals surface area contributed by atoms with Gasteiger partial charge in [0.05, 0.1) is 24.3 Å². The van der Waals surface area contributed by atoms with E-state index < -0.39 is 41.5 Å². The van der Waals surface area contributed by atoms with Crippen LogP contribution < -0.4 is 4.90 Å². The molecule has 2 aromatic rings. The topological polar surface area (TPSA) is 60.9 Å². The number of amides is 3. The molecule has 0 bridgehead atoms. The fraction of sp³-hybridized carbons (Fsp3) is 0.261. The zero-order valence-electron chi connectivity index (χ0n) is 17.1. The number of carbonyl (C=O) groups excluding carboxylic acids is 3. The molecular weight excluding hydrogens is 442 g/mol. The highest BCUT2D eigenvalue weighted by atomic mass is 19.4. The lowest BCUT2D eigenvalue weighted by Crippen LogP contribution is -2.80. The first kappa shape index (κ1) is 22.3. The summed E-state index contributed by atoms with van der Waals surface area (Å²) in [5, 5.41) is 0. The van der Waals surface area contributed by atoms with Gasteiger partial charge < -0.3 is 9.80 Å². The van der Waals surface area contributed by atoms with E-state index in [1.165, 1.54) is 34.1 Å². The number of rotatable bonds is 4. The number of hydrogen-bond acceptors (Lipinski definition) is 3. The van der Waals surface area contributed by atoms with Crippen molar-refractivity contribution in [2.45, 2.75) is 18.3 Å². The molecule has 1 spiro atoms. The van der Waals surface area contributed by atoms with Gasteiger partial charge in [0.25, 0.3) is 5.91 Å². The van der Waals surface area contributed by atoms with Crippen LogP contribution in [0.2, 0.25) is 0 Å². The molecule has 0 atom stereocenters. The molecule has 0 N–H and O–H groups in total. The molecule has 2 saturated heterocycles. The summed E-state index contributed by atoms with van der Waals surface area (Å²) < 4.78 is 53.2. The van der Waals surface area contributed by atoms with Gasteiger partial charge in [0.2, 0.25) is 12.3 Å². The van der Waals surface area contributed by atoms with Crippen molar-refractivity contribution in [3.63, 3.8) is 0 Å². The molecule has 4 rings (SSSR count). The zero-order valence-corrected chi connectivity index (χ0v) is 17.1. The molecule has 0 saturated carbocycles. The van der Waals surface area contributed by atoms with E-state index in [1.54, 1.807) is 0 Å². The lowest BCUT2D eigenvalue weighted by atomic mass is 9.83. The highest BCUT2D eigenvalue weighted by molar-refractivity contribution is 6.10. The summed E-state index contributed by atoms with van der Waals surface area (Å²) >= 11 is 0. The smallest absolute Gasteiger partial charge is 0.339 e. The maximum atomic E-state index is 14.6. The van der Waals surface area contributed by atoms with E-state index in [0.717, 1.165) is 23.1 Å². The second kappa shape index (κ2) is 7.92. The zero-order chi connectivity index (χ0) is 24.0. The summed E-state index contributed by atoms with van der Waals surface area (Å²) in [5.41, 5.74) is -1.76. The van der Waals surface area contributed by atoms with Crippen LogP contribution in [0.15, 0.2) is 42.5 Å². The van der Waals surface area contributed by atoms with Crippen molar-refractivity contribution in [2.24, 2.45) is 0 Å². The molecule has 0 unspecified atom stereocenters. The number of halogens is 4. The Morgan fingerprint density at radius 3 is 2.30 bits per heavy atom. The first-order chi connectivity index (χ1) is 15.6. The average molecular weight is 459 g/mol. The number of nitrogens with zero attached hydrogens (tertiary/aromatic N) is 3. The van der Waals surface area contributed by atoms with Crippen LogP contribution >= 0.6 is 0 Å². The van der Waals surface area contributed by atoms with Crippen LogP contribution in [0.5, 0.6) is 0 Å². The Bertz CT molecular complexity index is 1160. The summed E-state index contributed by atoms with van der Waals surface area (Å²) in [6.07, 6.45) is 1.29. The van der Waals surface area contributed by atoms with Gasteiger partial charge in [-0.05, 0) is 35.9 Å². The van der Waals surface area contributed by atoms with Gasteiger partial charge in [0, 0.05) is 12.1 Å². The molecule has 0 aliphatic carbocycles. The summed E-state index contributed by atoms with van der Waals surface area (Å²) in [6, 6.07) is 8.08. The third-order valence-corrected chi connectivity index (χ3v) is 5.86. The second-order valence-corrected chi connectivity index (χ2v) is 7.92. The van der Waals surface area contributed by atoms with Gasteiger partial charge in [-0.25, -0.2) is 4.39 Å². The Hall–Kier alpha value is -3.87. The van der Waals surface area contributed by atoms with Crippen LogP contribution in [0.1, 0.15) is 16.7 Å². The summed E-state index contributed by atoms with van der Waals surface area (Å²) in [5.74, 6) is 0.398. The van der Waals surface area contributed by atoms with Crippen LogP contribution in [0.3, 0.4) is 0 Å². The van der Waals surface area contributed by atoms with E-state index in [1.807, 2.05) is 0 Å². The van der Waals surface area contributed by atoms with E-state index in [2.05, 4.69) is 5.92 Å². The van der Waals surface area contributed by atoms with Crippen LogP contribution in [-0.4, -0.2) is 53.2 Å². The first-order valence-corrected chi connectivity index (χ1v) is 9.83. The Balaban J connectivity index is 1.66. The maximum absolute atomic E-state index is 14.6. The van der Waals surface area contributed by atoms with Gasteiger partial charge in [-0.15, -0.1) is 6.42 Å². The van der Waals surface area contributed by atoms with Gasteiger partial charge in [0.15, 0.2) is 5.54 Å². The predicted octanol–water partition coefficient (Wildman–Crippen LogP) is 2.41. The molecule has 2 aliphatic rings. The monoisotopic (exact) mass is 459 g/mol. The van der Waals surface area contributed by atoms with Crippen LogP contribution in [0, 0.1) is 18.2 Å². The van der Waals surface area contributed by atoms with Gasteiger partial charge in [-0.3, -0.25) is 19.3 Å². The van der Waals surface area contributed by atoms with Crippen molar-refractivity contribution in [1.29, 1.82) is 0 Å². The lowest BCUT2D eigenvalue weighted by Gasteiger charge is -2.57. The van der Waals surface area contributed by atoms with Crippen molar-refractivity contribution >= 4 is 23.9 Å². The minimum atomic E-state index is -4.51. The quantitative estimate of drug-likeness (QED) is 0.401. The minimum Gasteiger partial charge on any atom is -0.339 e. The standard InChI is InChI=1S/C23H17F4N3O3/c1-2-15-5-8-19(18(24)9-15)29-11-20(32)30(22(21(29)33)12-28(13-22)14-31)10-16-3-6-17(7-4-16)23(25,26)27/h1,3-9,14H,10-13H2. The van der Waals surface area contributed by atoms with Gasteiger partial charge in [-0.2, -0.15) is 13.2 Å². The Kier molecular flexibility index (Phi) is 5.36. The van der Waals surface area contributed by atoms with E-state index >= 15 is 0 Å². The SMILES string of the molecule is C#Cc1ccc(N2CC(=O)N(Cc3ccc(C(F)(F)F)cc3)C3(CN(C=O)C3)C2=O)c(F)c1. The molecule has 170 valence electrons. The second-order valence-electron chi connectivity index (χ2n) is 7.92. The van der Waals surface area contributed by atoms with Crippen LogP contribution in [0.25, 0.3) is 0 Å². The van der Waals surface area contributed by atoms with Crippen molar-refractivity contribution in [3.05, 3.63) is 65.0 Å². The molecule has 2 fully saturated rings. The molecule has 2 aromatic carbocycles. The normalized spacial score (nSPS) is 17.7. The summed E-state index contributed by atoms with van der Waals surface area (Å²) in [4.78, 5) is 41.3. The van der Waals surface area contributed by atoms with Crippen molar-refractivity contribution in [2.75, 3.05) is 24.5 Å². The van der Waals surface area contributed by atoms with E-state index in [0.29, 0.717) is 12.0 Å². The number of likely N-dealkylation sites (tertiary alicyclic amines) is 1. The molecular formula is C23H17F4N3O3. The fourth-order valence-electron chi connectivity index (χ4n) is 4.14. The fourth-order valence-corrected chi connectivity index (χ4v) is 4.14. The number of hydrogen-bond donors (Lipinski definition) is 0.